The van der Waals surface area contributed by atoms with Crippen molar-refractivity contribution in [2.24, 2.45) is 0 Å². The Labute approximate surface area is 80.3 Å². The smallest absolute Gasteiger partial charge is 0.747 e. The molecule has 50 valence electrons. The quantitative estimate of drug-likeness (QED) is 0.280. The minimum atomic E-state index is -4.29. The molecule has 0 aromatic carbocycles. The van der Waals surface area contributed by atoms with Gasteiger partial charge in [0.05, 0.1) is 0 Å². The molecule has 1 unspecified atom stereocenters. The maximum atomic E-state index is 9.83. The predicted molar refractivity (Wildman–Crippen MR) is 29.4 cm³/mol. The zero-order chi connectivity index (χ0) is 6.78. The fourth-order valence-corrected chi connectivity index (χ4v) is 0.474. The fraction of sp³-hybridized carbons (Fsp3) is 1.00. The Hall–Kier alpha value is 1.22. The van der Waals surface area contributed by atoms with Crippen LogP contribution in [0.3, 0.4) is 0 Å². The Morgan fingerprint density at radius 1 is 1.67 bits per heavy atom. The van der Waals surface area contributed by atoms with Crippen molar-refractivity contribution in [3.63, 3.8) is 0 Å². The molecule has 0 saturated heterocycles. The molecular formula is C2H5NaO4S2. The first kappa shape index (κ1) is 12.9. The van der Waals surface area contributed by atoms with E-state index in [1.165, 1.54) is 0 Å². The summed E-state index contributed by atoms with van der Waals surface area (Å²) in [7, 11) is -4.29. The zero-order valence-corrected chi connectivity index (χ0v) is 8.70. The van der Waals surface area contributed by atoms with Crippen molar-refractivity contribution in [2.75, 3.05) is 0 Å². The van der Waals surface area contributed by atoms with Gasteiger partial charge in [0.2, 0.25) is 0 Å². The van der Waals surface area contributed by atoms with Crippen molar-refractivity contribution in [1.82, 2.24) is 0 Å². The molecule has 0 spiro atoms. The van der Waals surface area contributed by atoms with Crippen molar-refractivity contribution in [3.05, 3.63) is 0 Å². The summed E-state index contributed by atoms with van der Waals surface area (Å²) in [5, 5.41) is 0. The third-order valence-corrected chi connectivity index (χ3v) is 2.63. The van der Waals surface area contributed by atoms with Gasteiger partial charge in [0.15, 0.2) is 0 Å². The molecule has 0 heterocycles. The molecule has 0 amide bonds. The average molecular weight is 180 g/mol. The molecule has 4 nitrogen and oxygen atoms in total. The van der Waals surface area contributed by atoms with Crippen LogP contribution in [0.2, 0.25) is 0 Å². The maximum absolute atomic E-state index is 9.83. The van der Waals surface area contributed by atoms with E-state index < -0.39 is 14.7 Å². The summed E-state index contributed by atoms with van der Waals surface area (Å²) in [6.07, 6.45) is 0. The van der Waals surface area contributed by atoms with Gasteiger partial charge in [0.1, 0.15) is 14.7 Å². The van der Waals surface area contributed by atoms with Crippen LogP contribution in [0, 0.1) is 0 Å². The third kappa shape index (κ3) is 5.65. The molecule has 9 heavy (non-hydrogen) atoms. The van der Waals surface area contributed by atoms with Crippen LogP contribution in [0.15, 0.2) is 0 Å². The second-order valence-corrected chi connectivity index (χ2v) is 4.07. The Balaban J connectivity index is 0. The van der Waals surface area contributed by atoms with E-state index >= 15 is 0 Å². The number of hydrogen-bond acceptors (Lipinski definition) is 5. The van der Waals surface area contributed by atoms with Gasteiger partial charge in [-0.15, -0.1) is 0 Å². The predicted octanol–water partition coefficient (Wildman–Crippen LogP) is -2.91. The van der Waals surface area contributed by atoms with E-state index in [1.54, 1.807) is 0 Å². The van der Waals surface area contributed by atoms with E-state index in [9.17, 15) is 13.0 Å². The summed E-state index contributed by atoms with van der Waals surface area (Å²) >= 11 is 0.0312. The van der Waals surface area contributed by atoms with Gasteiger partial charge in [-0.05, 0) is 6.92 Å². The molecule has 0 aromatic rings. The summed E-state index contributed by atoms with van der Waals surface area (Å²) in [4.78, 5) is 0. The van der Waals surface area contributed by atoms with Crippen molar-refractivity contribution >= 4 is 22.2 Å². The largest absolute Gasteiger partial charge is 1.00 e. The third-order valence-electron chi connectivity index (χ3n) is 0.555. The van der Waals surface area contributed by atoms with Gasteiger partial charge < -0.3 is 9.11 Å². The zero-order valence-electron chi connectivity index (χ0n) is 5.07. The van der Waals surface area contributed by atoms with Crippen LogP contribution in [0.25, 0.3) is 0 Å². The standard InChI is InChI=1S/C2H6O4S2.Na/c1-2(7-3)8(4,5)6;/h2-3H,1H3,(H,4,5,6);/q;+1/p-1. The second kappa shape index (κ2) is 4.95. The second-order valence-electron chi connectivity index (χ2n) is 1.17. The van der Waals surface area contributed by atoms with E-state index in [4.69, 9.17) is 4.55 Å². The molecular weight excluding hydrogens is 175 g/mol. The van der Waals surface area contributed by atoms with Crippen LogP contribution in [0.5, 0.6) is 0 Å². The molecule has 0 aliphatic carbocycles. The summed E-state index contributed by atoms with van der Waals surface area (Å²) in [5.41, 5.74) is 0. The maximum Gasteiger partial charge on any atom is 1.00 e. The van der Waals surface area contributed by atoms with Crippen molar-refractivity contribution < 1.29 is 47.1 Å². The van der Waals surface area contributed by atoms with Crippen LogP contribution >= 0.6 is 12.0 Å². The SMILES string of the molecule is CC(SO)S(=O)(=O)[O-].[Na+]. The summed E-state index contributed by atoms with van der Waals surface area (Å²) in [6, 6.07) is 0. The Morgan fingerprint density at radius 3 is 2.00 bits per heavy atom. The summed E-state index contributed by atoms with van der Waals surface area (Å²) in [6.45, 7) is 1.12. The first-order valence-corrected chi connectivity index (χ1v) is 4.04. The molecule has 0 saturated carbocycles. The summed E-state index contributed by atoms with van der Waals surface area (Å²) in [5.74, 6) is 0. The van der Waals surface area contributed by atoms with Crippen LogP contribution in [-0.4, -0.2) is 22.1 Å². The van der Waals surface area contributed by atoms with Crippen molar-refractivity contribution in [2.45, 2.75) is 11.5 Å². The number of hydrogen-bond donors (Lipinski definition) is 1. The van der Waals surface area contributed by atoms with E-state index in [0.29, 0.717) is 0 Å². The van der Waals surface area contributed by atoms with Crippen molar-refractivity contribution in [3.8, 4) is 0 Å². The van der Waals surface area contributed by atoms with Crippen LogP contribution < -0.4 is 29.6 Å². The van der Waals surface area contributed by atoms with Gasteiger partial charge in [-0.1, -0.05) is 0 Å². The van der Waals surface area contributed by atoms with Gasteiger partial charge in [0, 0.05) is 12.0 Å². The van der Waals surface area contributed by atoms with Gasteiger partial charge >= 0.3 is 29.6 Å². The molecule has 0 aliphatic heterocycles. The summed E-state index contributed by atoms with van der Waals surface area (Å²) < 4.78 is 36.2. The minimum Gasteiger partial charge on any atom is -0.747 e. The van der Waals surface area contributed by atoms with Crippen LogP contribution in [0.4, 0.5) is 0 Å². The van der Waals surface area contributed by atoms with Crippen LogP contribution in [0.1, 0.15) is 6.92 Å². The van der Waals surface area contributed by atoms with Gasteiger partial charge in [-0.2, -0.15) is 0 Å². The molecule has 7 heteroatoms. The minimum absolute atomic E-state index is 0. The first-order valence-electron chi connectivity index (χ1n) is 1.73. The molecule has 0 radical (unpaired) electrons. The normalized spacial score (nSPS) is 14.1. The Bertz CT molecular complexity index is 152. The molecule has 0 aromatic heterocycles. The monoisotopic (exact) mass is 180 g/mol. The average Bonchev–Trinajstić information content (AvgIpc) is 1.62. The molecule has 1 N–H and O–H groups in total. The molecule has 1 atom stereocenters. The molecule has 0 aliphatic rings. The number of rotatable bonds is 2. The van der Waals surface area contributed by atoms with Crippen molar-refractivity contribution in [1.29, 1.82) is 0 Å². The van der Waals surface area contributed by atoms with E-state index in [2.05, 4.69) is 0 Å². The first-order chi connectivity index (χ1) is 3.48. The molecule has 0 bridgehead atoms. The van der Waals surface area contributed by atoms with E-state index in [-0.39, 0.29) is 41.6 Å². The van der Waals surface area contributed by atoms with Gasteiger partial charge in [-0.25, -0.2) is 8.42 Å². The topological polar surface area (TPSA) is 77.4 Å². The van der Waals surface area contributed by atoms with Gasteiger partial charge in [0.25, 0.3) is 0 Å². The Kier molecular flexibility index (Phi) is 7.07. The van der Waals surface area contributed by atoms with Crippen LogP contribution in [-0.2, 0) is 10.1 Å². The van der Waals surface area contributed by atoms with E-state index in [1.807, 2.05) is 0 Å². The molecule has 0 rings (SSSR count). The Morgan fingerprint density at radius 2 is 2.00 bits per heavy atom. The van der Waals surface area contributed by atoms with E-state index in [0.717, 1.165) is 6.92 Å². The molecule has 0 fully saturated rings. The fourth-order valence-electron chi connectivity index (χ4n) is 0.0527. The van der Waals surface area contributed by atoms with Gasteiger partial charge in [-0.3, -0.25) is 0 Å².